The van der Waals surface area contributed by atoms with Crippen molar-refractivity contribution >= 4 is 55.4 Å². The molecule has 1 aromatic rings. The molecule has 21 nitrogen and oxygen atoms in total. The maximum atomic E-state index is 13.8. The molecule has 10 N–H and O–H groups in total. The molecule has 23 heteroatoms. The highest BCUT2D eigenvalue weighted by molar-refractivity contribution is 7.80. The maximum absolute atomic E-state index is 13.8. The number of phenolic OH excluding ortho intramolecular Hbond substituents is 1. The van der Waals surface area contributed by atoms with Crippen molar-refractivity contribution in [2.75, 3.05) is 33.1 Å². The summed E-state index contributed by atoms with van der Waals surface area (Å²) in [5, 5.41) is 55.8. The van der Waals surface area contributed by atoms with Crippen LogP contribution in [0.25, 0.3) is 5.76 Å². The lowest BCUT2D eigenvalue weighted by Crippen LogP contribution is -2.65. The molecular formula is C23H30N4O17S2. The largest absolute Gasteiger partial charge is 0.508 e. The summed E-state index contributed by atoms with van der Waals surface area (Å²) in [7, 11) is -3.08. The molecule has 46 heavy (non-hydrogen) atoms. The van der Waals surface area contributed by atoms with Crippen LogP contribution in [0.1, 0.15) is 17.5 Å². The fourth-order valence-electron chi connectivity index (χ4n) is 5.82. The summed E-state index contributed by atoms with van der Waals surface area (Å²) in [4.78, 5) is 52.5. The quantitative estimate of drug-likeness (QED) is 0.0757. The number of Topliss-reactive ketones (excluding diaryl/α,β-unsaturated/α-hetero) is 2. The van der Waals surface area contributed by atoms with Crippen LogP contribution in [-0.4, -0.2) is 123 Å². The van der Waals surface area contributed by atoms with Crippen LogP contribution in [0.5, 0.6) is 5.75 Å². The van der Waals surface area contributed by atoms with E-state index in [2.05, 4.69) is 0 Å². The van der Waals surface area contributed by atoms with Crippen LogP contribution in [0.3, 0.4) is 0 Å². The summed E-state index contributed by atoms with van der Waals surface area (Å²) < 4.78 is 63.2. The summed E-state index contributed by atoms with van der Waals surface area (Å²) in [5.74, 6) is -8.16. The number of nitrogens with zero attached hydrogens (tertiary/aromatic N) is 3. The van der Waals surface area contributed by atoms with E-state index in [-0.39, 0.29) is 24.0 Å². The molecule has 0 aliphatic heterocycles. The number of carbonyl (C=O) groups excluding carboxylic acids is 3. The van der Waals surface area contributed by atoms with Crippen LogP contribution in [0.4, 0.5) is 11.4 Å². The van der Waals surface area contributed by atoms with Gasteiger partial charge in [0.1, 0.15) is 17.1 Å². The standard InChI is InChI=1S/C23H26N4O9.2H2O4S/c1-25(2)11-7-12(27(35)36)17(28)14-9(11)5-8-6-10-16(26(3)4)19(30)15(22(24)33)21(32)23(10,34)20(31)13(8)18(14)29;2*1-5(2,3)4/h7-8,10,16,28-29,32,34H,5-6H2,1-4H3,(H2,24,33);2*(H2,1,2,3,4)/t8-,10-,16-,23-;;/m0../s1. The second-order valence-electron chi connectivity index (χ2n) is 10.6. The minimum atomic E-state index is -4.67. The Morgan fingerprint density at radius 2 is 1.50 bits per heavy atom. The Morgan fingerprint density at radius 3 is 1.89 bits per heavy atom. The molecule has 0 aromatic heterocycles. The van der Waals surface area contributed by atoms with E-state index in [4.69, 9.17) is 40.8 Å². The van der Waals surface area contributed by atoms with Crippen molar-refractivity contribution in [2.24, 2.45) is 17.6 Å². The minimum absolute atomic E-state index is 0.0353. The van der Waals surface area contributed by atoms with E-state index >= 15 is 0 Å². The van der Waals surface area contributed by atoms with Gasteiger partial charge in [-0.05, 0) is 38.4 Å². The van der Waals surface area contributed by atoms with Gasteiger partial charge in [-0.2, -0.15) is 16.8 Å². The molecule has 0 unspecified atom stereocenters. The average molecular weight is 699 g/mol. The van der Waals surface area contributed by atoms with Crippen molar-refractivity contribution in [2.45, 2.75) is 24.5 Å². The molecule has 4 atom stereocenters. The SMILES string of the molecule is CN(C)c1cc([N+](=O)[O-])c(O)c2c1C[C@H]1C[C@H]3[C@H](N(C)C)C(=O)C(C(N)=O)=C(O)[C@@]3(O)C(=O)C1=C2O.O=S(=O)(O)O.O=S(=O)(O)O. The topological polar surface area (TPSA) is 357 Å². The van der Waals surface area contributed by atoms with Gasteiger partial charge in [0.25, 0.3) is 5.91 Å². The number of hydrogen-bond donors (Lipinski definition) is 9. The van der Waals surface area contributed by atoms with E-state index in [0.29, 0.717) is 11.3 Å². The van der Waals surface area contributed by atoms with Gasteiger partial charge in [-0.3, -0.25) is 47.6 Å². The molecule has 4 rings (SSSR count). The number of nitro benzene ring substituents is 1. The molecule has 1 aromatic carbocycles. The Labute approximate surface area is 260 Å². The Balaban J connectivity index is 0.000000642. The van der Waals surface area contributed by atoms with Gasteiger partial charge in [-0.15, -0.1) is 0 Å². The number of aliphatic hydroxyl groups excluding tert-OH is 2. The van der Waals surface area contributed by atoms with Crippen molar-refractivity contribution in [3.8, 4) is 5.75 Å². The van der Waals surface area contributed by atoms with E-state index in [1.165, 1.54) is 19.0 Å². The number of aliphatic hydroxyl groups is 3. The lowest BCUT2D eigenvalue weighted by atomic mass is 9.57. The molecule has 3 aliphatic carbocycles. The number of amides is 1. The van der Waals surface area contributed by atoms with E-state index in [1.807, 2.05) is 0 Å². The number of carbonyl (C=O) groups is 3. The third-order valence-electron chi connectivity index (χ3n) is 7.36. The van der Waals surface area contributed by atoms with Crippen LogP contribution >= 0.6 is 0 Å². The predicted octanol–water partition coefficient (Wildman–Crippen LogP) is -1.37. The first-order valence-corrected chi connectivity index (χ1v) is 15.2. The molecule has 0 spiro atoms. The average Bonchev–Trinajstić information content (AvgIpc) is 2.83. The van der Waals surface area contributed by atoms with Crippen molar-refractivity contribution in [1.29, 1.82) is 0 Å². The van der Waals surface area contributed by atoms with Gasteiger partial charge >= 0.3 is 26.5 Å². The molecule has 1 amide bonds. The Kier molecular flexibility index (Phi) is 10.6. The predicted molar refractivity (Wildman–Crippen MR) is 154 cm³/mol. The molecule has 1 fully saturated rings. The fourth-order valence-corrected chi connectivity index (χ4v) is 5.82. The number of hydrogen-bond acceptors (Lipinski definition) is 15. The van der Waals surface area contributed by atoms with Gasteiger partial charge in [0.2, 0.25) is 11.5 Å². The van der Waals surface area contributed by atoms with E-state index in [9.17, 15) is 44.9 Å². The number of primary amides is 1. The van der Waals surface area contributed by atoms with Crippen LogP contribution in [0.15, 0.2) is 23.0 Å². The van der Waals surface area contributed by atoms with E-state index < -0.39 is 95.2 Å². The zero-order chi connectivity index (χ0) is 36.0. The summed E-state index contributed by atoms with van der Waals surface area (Å²) in [6.45, 7) is 0. The number of nitrogens with two attached hydrogens (primary N) is 1. The Hall–Kier alpha value is -4.23. The van der Waals surface area contributed by atoms with Gasteiger partial charge in [0.15, 0.2) is 11.4 Å². The van der Waals surface area contributed by atoms with Gasteiger partial charge < -0.3 is 31.1 Å². The van der Waals surface area contributed by atoms with Crippen LogP contribution in [0.2, 0.25) is 0 Å². The van der Waals surface area contributed by atoms with Crippen molar-refractivity contribution < 1.29 is 74.8 Å². The highest BCUT2D eigenvalue weighted by Crippen LogP contribution is 2.54. The number of aromatic hydroxyl groups is 1. The van der Waals surface area contributed by atoms with Gasteiger partial charge in [0, 0.05) is 37.3 Å². The summed E-state index contributed by atoms with van der Waals surface area (Å²) in [6, 6.07) is -0.0329. The Bertz CT molecular complexity index is 1740. The number of rotatable bonds is 4. The zero-order valence-electron chi connectivity index (χ0n) is 24.2. The molecular weight excluding hydrogens is 668 g/mol. The second kappa shape index (κ2) is 12.9. The minimum Gasteiger partial charge on any atom is -0.508 e. The number of anilines is 1. The second-order valence-corrected chi connectivity index (χ2v) is 12.4. The lowest BCUT2D eigenvalue weighted by molar-refractivity contribution is -0.385. The summed E-state index contributed by atoms with van der Waals surface area (Å²) in [6.07, 6.45) is -0.0377. The zero-order valence-corrected chi connectivity index (χ0v) is 25.8. The molecule has 256 valence electrons. The molecule has 0 heterocycles. The van der Waals surface area contributed by atoms with Crippen LogP contribution in [0, 0.1) is 22.0 Å². The number of likely N-dealkylation sites (N-methyl/N-ethyl adjacent to an activating group) is 1. The van der Waals surface area contributed by atoms with E-state index in [1.54, 1.807) is 19.0 Å². The van der Waals surface area contributed by atoms with Gasteiger partial charge in [-0.25, -0.2) is 0 Å². The first-order valence-electron chi connectivity index (χ1n) is 12.4. The van der Waals surface area contributed by atoms with Crippen molar-refractivity contribution in [3.05, 3.63) is 44.2 Å². The maximum Gasteiger partial charge on any atom is 0.394 e. The highest BCUT2D eigenvalue weighted by atomic mass is 32.3. The molecule has 0 radical (unpaired) electrons. The summed E-state index contributed by atoms with van der Waals surface area (Å²) >= 11 is 0. The molecule has 3 aliphatic rings. The number of benzene rings is 1. The first kappa shape index (κ1) is 38.0. The highest BCUT2D eigenvalue weighted by Gasteiger charge is 2.64. The van der Waals surface area contributed by atoms with Crippen molar-refractivity contribution in [3.63, 3.8) is 0 Å². The number of ketones is 2. The first-order chi connectivity index (χ1) is 20.7. The summed E-state index contributed by atoms with van der Waals surface area (Å²) in [5.41, 5.74) is 0.875. The number of fused-ring (bicyclic) bond motifs is 3. The van der Waals surface area contributed by atoms with Crippen LogP contribution in [-0.2, 0) is 41.6 Å². The van der Waals surface area contributed by atoms with Gasteiger partial charge in [0.05, 0.1) is 16.5 Å². The third kappa shape index (κ3) is 7.42. The molecule has 0 saturated heterocycles. The fraction of sp³-hybridized carbons (Fsp3) is 0.435. The third-order valence-corrected chi connectivity index (χ3v) is 7.36. The van der Waals surface area contributed by atoms with E-state index in [0.717, 1.165) is 6.07 Å². The monoisotopic (exact) mass is 698 g/mol. The number of nitro groups is 1. The Morgan fingerprint density at radius 1 is 1.02 bits per heavy atom. The van der Waals surface area contributed by atoms with Crippen LogP contribution < -0.4 is 10.6 Å². The molecule has 1 saturated carbocycles. The lowest BCUT2D eigenvalue weighted by Gasteiger charge is -2.50. The number of phenols is 1. The normalized spacial score (nSPS) is 24.1. The van der Waals surface area contributed by atoms with Gasteiger partial charge in [-0.1, -0.05) is 0 Å². The smallest absolute Gasteiger partial charge is 0.394 e. The molecule has 0 bridgehead atoms. The van der Waals surface area contributed by atoms with Crippen molar-refractivity contribution in [1.82, 2.24) is 4.90 Å².